The fraction of sp³-hybridized carbons (Fsp3) is 0.143. The van der Waals surface area contributed by atoms with Crippen LogP contribution >= 0.6 is 0 Å². The van der Waals surface area contributed by atoms with Gasteiger partial charge in [-0.1, -0.05) is 12.1 Å². The molecule has 9 nitrogen and oxygen atoms in total. The summed E-state index contributed by atoms with van der Waals surface area (Å²) in [6, 6.07) is 15.1. The highest BCUT2D eigenvalue weighted by molar-refractivity contribution is 6.15. The van der Waals surface area contributed by atoms with E-state index in [0.29, 0.717) is 57.9 Å². The van der Waals surface area contributed by atoms with E-state index in [0.717, 1.165) is 0 Å². The highest BCUT2D eigenvalue weighted by atomic mass is 16.5. The van der Waals surface area contributed by atoms with Gasteiger partial charge in [0.15, 0.2) is 17.3 Å². The summed E-state index contributed by atoms with van der Waals surface area (Å²) in [6.45, 7) is 0.402. The third kappa shape index (κ3) is 4.00. The highest BCUT2D eigenvalue weighted by Crippen LogP contribution is 2.42. The molecular formula is C28H22N2O7. The van der Waals surface area contributed by atoms with E-state index in [1.54, 1.807) is 36.4 Å². The number of aromatic nitrogens is 1. The monoisotopic (exact) mass is 498 g/mol. The Hall–Kier alpha value is -4.92. The summed E-state index contributed by atoms with van der Waals surface area (Å²) in [5.41, 5.74) is 1.26. The van der Waals surface area contributed by atoms with E-state index in [-0.39, 0.29) is 22.5 Å². The number of Topliss-reactive ketones (excluding diaryl/α,β-unsaturated/α-hetero) is 1. The molecule has 2 N–H and O–H groups in total. The number of carboxylic acid groups (broad SMARTS) is 2. The average molecular weight is 498 g/mol. The Morgan fingerprint density at radius 1 is 0.946 bits per heavy atom. The van der Waals surface area contributed by atoms with E-state index in [2.05, 4.69) is 4.98 Å². The van der Waals surface area contributed by atoms with Crippen molar-refractivity contribution in [1.82, 2.24) is 4.98 Å². The van der Waals surface area contributed by atoms with Crippen molar-refractivity contribution >= 4 is 40.0 Å². The maximum atomic E-state index is 12.4. The number of pyridine rings is 1. The number of ketones is 1. The van der Waals surface area contributed by atoms with Crippen LogP contribution in [0.15, 0.2) is 60.8 Å². The molecule has 0 aliphatic carbocycles. The van der Waals surface area contributed by atoms with Crippen molar-refractivity contribution in [3.05, 3.63) is 77.5 Å². The maximum Gasteiger partial charge on any atom is 0.337 e. The quantitative estimate of drug-likeness (QED) is 0.376. The first-order valence-electron chi connectivity index (χ1n) is 11.4. The lowest BCUT2D eigenvalue weighted by Crippen LogP contribution is -2.28. The summed E-state index contributed by atoms with van der Waals surface area (Å²) in [6.07, 6.45) is 1.84. The number of aromatic carboxylic acids is 2. The van der Waals surface area contributed by atoms with Crippen molar-refractivity contribution in [2.75, 3.05) is 25.7 Å². The molecular weight excluding hydrogens is 476 g/mol. The molecule has 0 radical (unpaired) electrons. The van der Waals surface area contributed by atoms with Crippen LogP contribution < -0.4 is 14.4 Å². The Kier molecular flexibility index (Phi) is 5.96. The van der Waals surface area contributed by atoms with Crippen LogP contribution in [0.5, 0.6) is 11.5 Å². The van der Waals surface area contributed by atoms with E-state index in [4.69, 9.17) is 9.47 Å². The summed E-state index contributed by atoms with van der Waals surface area (Å²) < 4.78 is 10.8. The molecule has 3 aromatic carbocycles. The highest BCUT2D eigenvalue weighted by Gasteiger charge is 2.28. The molecule has 1 aromatic heterocycles. The second-order valence-corrected chi connectivity index (χ2v) is 8.46. The van der Waals surface area contributed by atoms with E-state index in [9.17, 15) is 24.6 Å². The largest absolute Gasteiger partial charge is 0.493 e. The summed E-state index contributed by atoms with van der Waals surface area (Å²) in [7, 11) is 2.93. The molecule has 9 heteroatoms. The molecule has 0 unspecified atom stereocenters. The molecule has 0 bridgehead atoms. The first-order chi connectivity index (χ1) is 17.8. The van der Waals surface area contributed by atoms with E-state index < -0.39 is 11.9 Å². The molecule has 0 atom stereocenters. The smallest absolute Gasteiger partial charge is 0.337 e. The van der Waals surface area contributed by atoms with Crippen molar-refractivity contribution < 1.29 is 34.1 Å². The van der Waals surface area contributed by atoms with Gasteiger partial charge in [0.05, 0.1) is 31.0 Å². The summed E-state index contributed by atoms with van der Waals surface area (Å²) >= 11 is 0. The number of nitrogens with zero attached hydrogens (tertiary/aromatic N) is 2. The summed E-state index contributed by atoms with van der Waals surface area (Å²) in [5, 5.41) is 21.0. The molecule has 5 rings (SSSR count). The average Bonchev–Trinajstić information content (AvgIpc) is 2.91. The van der Waals surface area contributed by atoms with Gasteiger partial charge in [-0.15, -0.1) is 0 Å². The minimum atomic E-state index is -1.38. The number of methoxy groups -OCH3 is 2. The van der Waals surface area contributed by atoms with Gasteiger partial charge in [0.1, 0.15) is 5.82 Å². The molecule has 186 valence electrons. The Balaban J connectivity index is 1.80. The molecule has 0 spiro atoms. The molecule has 0 amide bonds. The predicted octanol–water partition coefficient (Wildman–Crippen LogP) is 5.04. The Morgan fingerprint density at radius 2 is 1.68 bits per heavy atom. The van der Waals surface area contributed by atoms with Crippen molar-refractivity contribution in [3.63, 3.8) is 0 Å². The normalized spacial score (nSPS) is 12.8. The molecule has 0 saturated carbocycles. The number of carbonyl (C=O) groups is 3. The summed E-state index contributed by atoms with van der Waals surface area (Å²) in [4.78, 5) is 43.4. The zero-order valence-electron chi connectivity index (χ0n) is 20.0. The number of benzene rings is 3. The fourth-order valence-electron chi connectivity index (χ4n) is 4.79. The van der Waals surface area contributed by atoms with Crippen LogP contribution in [-0.4, -0.2) is 53.7 Å². The minimum Gasteiger partial charge on any atom is -0.493 e. The molecule has 1 aliphatic heterocycles. The third-order valence-electron chi connectivity index (χ3n) is 6.46. The number of anilines is 2. The van der Waals surface area contributed by atoms with Crippen LogP contribution in [0.3, 0.4) is 0 Å². The van der Waals surface area contributed by atoms with Crippen LogP contribution in [0.2, 0.25) is 0 Å². The number of rotatable bonds is 6. The number of ether oxygens (including phenoxy) is 2. The van der Waals surface area contributed by atoms with Crippen LogP contribution in [0, 0.1) is 0 Å². The first-order valence-corrected chi connectivity index (χ1v) is 11.4. The first kappa shape index (κ1) is 23.8. The van der Waals surface area contributed by atoms with E-state index in [1.165, 1.54) is 26.5 Å². The number of carbonyl (C=O) groups excluding carboxylic acids is 1. The van der Waals surface area contributed by atoms with Gasteiger partial charge in [0, 0.05) is 30.3 Å². The predicted molar refractivity (Wildman–Crippen MR) is 137 cm³/mol. The number of hydrogen-bond acceptors (Lipinski definition) is 7. The van der Waals surface area contributed by atoms with E-state index >= 15 is 0 Å². The van der Waals surface area contributed by atoms with Crippen molar-refractivity contribution in [2.45, 2.75) is 6.42 Å². The zero-order chi connectivity index (χ0) is 26.3. The maximum absolute atomic E-state index is 12.4. The van der Waals surface area contributed by atoms with Crippen LogP contribution in [0.1, 0.15) is 37.5 Å². The lowest BCUT2D eigenvalue weighted by atomic mass is 9.89. The van der Waals surface area contributed by atoms with Gasteiger partial charge >= 0.3 is 11.9 Å². The lowest BCUT2D eigenvalue weighted by Gasteiger charge is -2.30. The number of carboxylic acids is 2. The number of fused-ring (bicyclic) bond motifs is 2. The third-order valence-corrected chi connectivity index (χ3v) is 6.46. The van der Waals surface area contributed by atoms with Gasteiger partial charge in [-0.25, -0.2) is 14.6 Å². The van der Waals surface area contributed by atoms with Gasteiger partial charge in [0.2, 0.25) is 0 Å². The molecule has 37 heavy (non-hydrogen) atoms. The number of hydrogen-bond donors (Lipinski definition) is 2. The van der Waals surface area contributed by atoms with Gasteiger partial charge in [-0.3, -0.25) is 4.79 Å². The molecule has 1 aliphatic rings. The van der Waals surface area contributed by atoms with Crippen molar-refractivity contribution in [3.8, 4) is 22.6 Å². The number of para-hydroxylation sites is 1. The topological polar surface area (TPSA) is 126 Å². The van der Waals surface area contributed by atoms with Crippen molar-refractivity contribution in [1.29, 1.82) is 0 Å². The zero-order valence-corrected chi connectivity index (χ0v) is 20.0. The van der Waals surface area contributed by atoms with Gasteiger partial charge in [-0.2, -0.15) is 0 Å². The van der Waals surface area contributed by atoms with Gasteiger partial charge < -0.3 is 24.6 Å². The standard InChI is InChI=1S/C28H22N2O7/c1-36-22-12-16-11-19(27(32)33)26(28(34)35)25(18(16)14-23(22)37-2)15-7-9-29-24(13-15)30-10-8-21(31)17-5-3-4-6-20(17)30/h3-7,9,11-14H,8,10H2,1-2H3,(H,32,33)(H,34,35). The second-order valence-electron chi connectivity index (χ2n) is 8.46. The Labute approximate surface area is 211 Å². The second kappa shape index (κ2) is 9.27. The van der Waals surface area contributed by atoms with Crippen molar-refractivity contribution in [2.24, 2.45) is 0 Å². The minimum absolute atomic E-state index is 0.0392. The Morgan fingerprint density at radius 3 is 2.38 bits per heavy atom. The molecule has 2 heterocycles. The Bertz CT molecular complexity index is 1600. The van der Waals surface area contributed by atoms with Crippen LogP contribution in [0.4, 0.5) is 11.5 Å². The fourth-order valence-corrected chi connectivity index (χ4v) is 4.79. The molecule has 4 aromatic rings. The van der Waals surface area contributed by atoms with Gasteiger partial charge in [-0.05, 0) is 58.8 Å². The van der Waals surface area contributed by atoms with Gasteiger partial charge in [0.25, 0.3) is 0 Å². The lowest BCUT2D eigenvalue weighted by molar-refractivity contribution is 0.0652. The molecule has 0 saturated heterocycles. The van der Waals surface area contributed by atoms with Crippen LogP contribution in [-0.2, 0) is 0 Å². The van der Waals surface area contributed by atoms with E-state index in [1.807, 2.05) is 17.0 Å². The summed E-state index contributed by atoms with van der Waals surface area (Å²) in [5.74, 6) is -1.45. The SMILES string of the molecule is COc1cc2cc(C(=O)O)c(C(=O)O)c(-c3ccnc(N4CCC(=O)c5ccccc54)c3)c2cc1OC. The van der Waals surface area contributed by atoms with Crippen LogP contribution in [0.25, 0.3) is 21.9 Å². The molecule has 0 fully saturated rings.